The van der Waals surface area contributed by atoms with E-state index in [-0.39, 0.29) is 43.2 Å². The van der Waals surface area contributed by atoms with E-state index in [4.69, 9.17) is 17.3 Å². The molecular formula is C23H22ClN7O3. The van der Waals surface area contributed by atoms with Gasteiger partial charge in [-0.25, -0.2) is 0 Å². The van der Waals surface area contributed by atoms with Gasteiger partial charge in [0.2, 0.25) is 11.8 Å². The molecule has 1 fully saturated rings. The number of nitrogens with one attached hydrogen (secondary N) is 2. The van der Waals surface area contributed by atoms with Crippen LogP contribution in [0, 0.1) is 0 Å². The van der Waals surface area contributed by atoms with Crippen molar-refractivity contribution in [3.8, 4) is 0 Å². The van der Waals surface area contributed by atoms with Crippen molar-refractivity contribution in [3.63, 3.8) is 0 Å². The average molecular weight is 480 g/mol. The third-order valence-electron chi connectivity index (χ3n) is 5.88. The Hall–Kier alpha value is -3.92. The van der Waals surface area contributed by atoms with Gasteiger partial charge in [0.25, 0.3) is 5.91 Å². The second-order valence-electron chi connectivity index (χ2n) is 8.31. The summed E-state index contributed by atoms with van der Waals surface area (Å²) in [5.41, 5.74) is 7.82. The molecular weight excluding hydrogens is 458 g/mol. The third kappa shape index (κ3) is 4.32. The highest BCUT2D eigenvalue weighted by atomic mass is 35.5. The van der Waals surface area contributed by atoms with Crippen LogP contribution >= 0.6 is 11.6 Å². The summed E-state index contributed by atoms with van der Waals surface area (Å²) in [5.74, 6) is -1.18. The molecule has 0 saturated heterocycles. The third-order valence-corrected chi connectivity index (χ3v) is 6.10. The van der Waals surface area contributed by atoms with E-state index in [1.807, 2.05) is 0 Å². The second kappa shape index (κ2) is 8.79. The zero-order valence-corrected chi connectivity index (χ0v) is 18.9. The summed E-state index contributed by atoms with van der Waals surface area (Å²) in [4.78, 5) is 39.2. The Morgan fingerprint density at radius 1 is 1.21 bits per heavy atom. The van der Waals surface area contributed by atoms with Gasteiger partial charge in [-0.3, -0.25) is 24.2 Å². The molecule has 0 unspecified atom stereocenters. The lowest BCUT2D eigenvalue weighted by atomic mass is 10.1. The van der Waals surface area contributed by atoms with Crippen molar-refractivity contribution in [1.29, 1.82) is 0 Å². The Labute approximate surface area is 199 Å². The molecule has 0 bridgehead atoms. The molecule has 1 saturated carbocycles. The molecule has 2 aromatic heterocycles. The summed E-state index contributed by atoms with van der Waals surface area (Å²) in [5, 5.41) is 16.0. The molecule has 5 rings (SSSR count). The number of primary amides is 1. The van der Waals surface area contributed by atoms with Crippen LogP contribution in [0.4, 0.5) is 0 Å². The van der Waals surface area contributed by atoms with Gasteiger partial charge in [-0.1, -0.05) is 29.8 Å². The number of benzene rings is 2. The number of nitrogens with two attached hydrogens (primary N) is 1. The van der Waals surface area contributed by atoms with Crippen LogP contribution < -0.4 is 11.1 Å². The van der Waals surface area contributed by atoms with E-state index in [1.54, 1.807) is 47.5 Å². The minimum absolute atomic E-state index is 0.0161. The molecule has 4 N–H and O–H groups in total. The van der Waals surface area contributed by atoms with Crippen molar-refractivity contribution in [2.45, 2.75) is 32.0 Å². The SMILES string of the molecule is NC(=O)c1nn(CC(=O)N(CC(=O)NCc2cc(Cl)cc3[nH]ncc23)C2CC2)c2ccccc12. The summed E-state index contributed by atoms with van der Waals surface area (Å²) in [7, 11) is 0. The van der Waals surface area contributed by atoms with E-state index < -0.39 is 5.91 Å². The molecule has 4 aromatic rings. The van der Waals surface area contributed by atoms with Gasteiger partial charge in [-0.2, -0.15) is 10.2 Å². The Morgan fingerprint density at radius 2 is 2.00 bits per heavy atom. The van der Waals surface area contributed by atoms with Crippen molar-refractivity contribution >= 4 is 51.1 Å². The number of halogens is 1. The van der Waals surface area contributed by atoms with Crippen LogP contribution in [-0.4, -0.2) is 55.2 Å². The first-order valence-electron chi connectivity index (χ1n) is 10.8. The molecule has 174 valence electrons. The average Bonchev–Trinajstić information content (AvgIpc) is 3.43. The van der Waals surface area contributed by atoms with E-state index in [2.05, 4.69) is 20.6 Å². The normalized spacial score (nSPS) is 13.3. The van der Waals surface area contributed by atoms with Crippen LogP contribution in [0.1, 0.15) is 28.9 Å². The van der Waals surface area contributed by atoms with Crippen LogP contribution in [0.25, 0.3) is 21.8 Å². The van der Waals surface area contributed by atoms with Crippen LogP contribution in [0.2, 0.25) is 5.02 Å². The zero-order valence-electron chi connectivity index (χ0n) is 18.1. The topological polar surface area (TPSA) is 139 Å². The number of aromatic amines is 1. The first kappa shape index (κ1) is 21.9. The van der Waals surface area contributed by atoms with Crippen molar-refractivity contribution in [2.75, 3.05) is 6.54 Å². The number of hydrogen-bond acceptors (Lipinski definition) is 5. The van der Waals surface area contributed by atoms with Crippen molar-refractivity contribution in [2.24, 2.45) is 5.73 Å². The van der Waals surface area contributed by atoms with Crippen LogP contribution in [-0.2, 0) is 22.7 Å². The predicted molar refractivity (Wildman–Crippen MR) is 126 cm³/mol. The highest BCUT2D eigenvalue weighted by Crippen LogP contribution is 2.28. The molecule has 0 spiro atoms. The monoisotopic (exact) mass is 479 g/mol. The van der Waals surface area contributed by atoms with Gasteiger partial charge in [-0.05, 0) is 36.6 Å². The van der Waals surface area contributed by atoms with Crippen molar-refractivity contribution in [3.05, 3.63) is 58.9 Å². The smallest absolute Gasteiger partial charge is 0.269 e. The van der Waals surface area contributed by atoms with E-state index in [0.717, 1.165) is 29.3 Å². The minimum Gasteiger partial charge on any atom is -0.364 e. The van der Waals surface area contributed by atoms with E-state index in [0.29, 0.717) is 15.9 Å². The first-order chi connectivity index (χ1) is 16.4. The highest BCUT2D eigenvalue weighted by molar-refractivity contribution is 6.31. The van der Waals surface area contributed by atoms with Gasteiger partial charge in [0.1, 0.15) is 6.54 Å². The van der Waals surface area contributed by atoms with Crippen LogP contribution in [0.3, 0.4) is 0 Å². The molecule has 1 aliphatic rings. The number of H-pyrrole nitrogens is 1. The fourth-order valence-corrected chi connectivity index (χ4v) is 4.33. The van der Waals surface area contributed by atoms with Gasteiger partial charge in [0, 0.05) is 28.4 Å². The van der Waals surface area contributed by atoms with Gasteiger partial charge >= 0.3 is 0 Å². The number of amides is 3. The molecule has 0 atom stereocenters. The highest BCUT2D eigenvalue weighted by Gasteiger charge is 2.34. The number of fused-ring (bicyclic) bond motifs is 2. The number of carbonyl (C=O) groups is 3. The van der Waals surface area contributed by atoms with Crippen molar-refractivity contribution < 1.29 is 14.4 Å². The molecule has 1 aliphatic carbocycles. The molecule has 2 aromatic carbocycles. The summed E-state index contributed by atoms with van der Waals surface area (Å²) in [6, 6.07) is 10.7. The quantitative estimate of drug-likeness (QED) is 0.354. The largest absolute Gasteiger partial charge is 0.364 e. The number of para-hydroxylation sites is 1. The summed E-state index contributed by atoms with van der Waals surface area (Å²) in [6.45, 7) is 0.0931. The van der Waals surface area contributed by atoms with Gasteiger partial charge in [-0.15, -0.1) is 0 Å². The van der Waals surface area contributed by atoms with Crippen LogP contribution in [0.15, 0.2) is 42.6 Å². The number of carbonyl (C=O) groups excluding carboxylic acids is 3. The molecule has 2 heterocycles. The van der Waals surface area contributed by atoms with Gasteiger partial charge < -0.3 is 16.0 Å². The second-order valence-corrected chi connectivity index (χ2v) is 8.75. The Bertz CT molecular complexity index is 1420. The molecule has 10 nitrogen and oxygen atoms in total. The fraction of sp³-hybridized carbons (Fsp3) is 0.261. The number of aromatic nitrogens is 4. The lowest BCUT2D eigenvalue weighted by Gasteiger charge is -2.22. The maximum atomic E-state index is 13.2. The van der Waals surface area contributed by atoms with Crippen LogP contribution in [0.5, 0.6) is 0 Å². The molecule has 3 amide bonds. The lowest BCUT2D eigenvalue weighted by Crippen LogP contribution is -2.43. The number of hydrogen-bond donors (Lipinski definition) is 3. The lowest BCUT2D eigenvalue weighted by molar-refractivity contribution is -0.137. The fourth-order valence-electron chi connectivity index (χ4n) is 4.09. The summed E-state index contributed by atoms with van der Waals surface area (Å²) < 4.78 is 1.46. The predicted octanol–water partition coefficient (Wildman–Crippen LogP) is 1.97. The van der Waals surface area contributed by atoms with Gasteiger partial charge in [0.05, 0.1) is 23.8 Å². The summed E-state index contributed by atoms with van der Waals surface area (Å²) >= 11 is 6.16. The molecule has 34 heavy (non-hydrogen) atoms. The van der Waals surface area contributed by atoms with Crippen molar-refractivity contribution in [1.82, 2.24) is 30.2 Å². The standard InChI is InChI=1S/C23H22ClN7O3/c24-14-7-13(17-10-27-28-18(17)8-14)9-26-20(32)11-30(15-5-6-15)21(33)12-31-19-4-2-1-3-16(19)22(29-31)23(25)34/h1-4,7-8,10,15H,5-6,9,11-12H2,(H2,25,34)(H,26,32)(H,27,28). The maximum Gasteiger partial charge on any atom is 0.269 e. The minimum atomic E-state index is -0.659. The van der Waals surface area contributed by atoms with E-state index in [1.165, 1.54) is 4.68 Å². The number of rotatable bonds is 8. The van der Waals surface area contributed by atoms with Gasteiger partial charge in [0.15, 0.2) is 5.69 Å². The molecule has 11 heteroatoms. The summed E-state index contributed by atoms with van der Waals surface area (Å²) in [6.07, 6.45) is 3.37. The number of nitrogens with zero attached hydrogens (tertiary/aromatic N) is 4. The van der Waals surface area contributed by atoms with E-state index >= 15 is 0 Å². The molecule has 0 radical (unpaired) electrons. The Kier molecular flexibility index (Phi) is 5.66. The Morgan fingerprint density at radius 3 is 2.76 bits per heavy atom. The Balaban J connectivity index is 1.28. The maximum absolute atomic E-state index is 13.2. The van der Waals surface area contributed by atoms with E-state index in [9.17, 15) is 14.4 Å². The molecule has 0 aliphatic heterocycles. The first-order valence-corrected chi connectivity index (χ1v) is 11.2. The zero-order chi connectivity index (χ0) is 23.8.